The third kappa shape index (κ3) is 6.40. The lowest BCUT2D eigenvalue weighted by Crippen LogP contribution is -2.55. The Labute approximate surface area is 266 Å². The molecule has 242 valence electrons. The van der Waals surface area contributed by atoms with Crippen LogP contribution < -0.4 is 4.90 Å². The van der Waals surface area contributed by atoms with E-state index in [0.717, 1.165) is 70.5 Å². The van der Waals surface area contributed by atoms with Gasteiger partial charge in [-0.15, -0.1) is 0 Å². The first-order chi connectivity index (χ1) is 21.8. The molecule has 3 aliphatic rings. The van der Waals surface area contributed by atoms with Gasteiger partial charge in [-0.2, -0.15) is 0 Å². The van der Waals surface area contributed by atoms with Gasteiger partial charge in [-0.1, -0.05) is 44.2 Å². The molecule has 45 heavy (non-hydrogen) atoms. The molecule has 3 aromatic rings. The van der Waals surface area contributed by atoms with E-state index in [1.807, 2.05) is 18.0 Å². The first-order valence-electron chi connectivity index (χ1n) is 17.0. The fraction of sp³-hybridized carbons (Fsp3) is 0.568. The number of nitrogens with zero attached hydrogens (tertiary/aromatic N) is 4. The Morgan fingerprint density at radius 2 is 1.73 bits per heavy atom. The number of halogens is 2. The average molecular weight is 619 g/mol. The zero-order chi connectivity index (χ0) is 31.6. The van der Waals surface area contributed by atoms with Crippen LogP contribution in [0.3, 0.4) is 0 Å². The van der Waals surface area contributed by atoms with E-state index in [0.29, 0.717) is 36.9 Å². The number of aromatic nitrogens is 2. The Kier molecular flexibility index (Phi) is 9.60. The molecule has 1 aromatic heterocycles. The number of carbonyl (C=O) groups is 1. The summed E-state index contributed by atoms with van der Waals surface area (Å²) in [6.07, 6.45) is 10.3. The number of hydrogen-bond acceptors (Lipinski definition) is 5. The number of hydrogen-bond donors (Lipinski definition) is 0. The van der Waals surface area contributed by atoms with E-state index in [4.69, 9.17) is 4.74 Å². The number of likely N-dealkylation sites (tertiary alicyclic amines) is 1. The van der Waals surface area contributed by atoms with Gasteiger partial charge in [0.15, 0.2) is 0 Å². The lowest BCUT2D eigenvalue weighted by molar-refractivity contribution is -0.152. The van der Waals surface area contributed by atoms with E-state index < -0.39 is 11.6 Å². The number of aryl methyl sites for hydroxylation is 2. The van der Waals surface area contributed by atoms with Crippen LogP contribution in [0, 0.1) is 36.3 Å². The number of esters is 1. The lowest BCUT2D eigenvalue weighted by atomic mass is 9.58. The Morgan fingerprint density at radius 1 is 1.02 bits per heavy atom. The van der Waals surface area contributed by atoms with Crippen molar-refractivity contribution in [2.24, 2.45) is 17.8 Å². The summed E-state index contributed by atoms with van der Waals surface area (Å²) in [5, 5.41) is 0. The Morgan fingerprint density at radius 3 is 2.40 bits per heavy atom. The smallest absolute Gasteiger partial charge is 0.305 e. The van der Waals surface area contributed by atoms with Gasteiger partial charge >= 0.3 is 5.97 Å². The van der Waals surface area contributed by atoms with Crippen molar-refractivity contribution >= 4 is 11.7 Å². The van der Waals surface area contributed by atoms with Gasteiger partial charge in [0.2, 0.25) is 0 Å². The molecule has 0 radical (unpaired) electrons. The SMILES string of the molecule is CCC(=O)O[C@H]1CCC[C@@H]1[C@](Cn1ccnc1CC)(c1ccccc1)C1CCN(CC2CN(c3c(F)cc(C)cc3F)C2)CC1. The van der Waals surface area contributed by atoms with Gasteiger partial charge in [0.25, 0.3) is 0 Å². The highest BCUT2D eigenvalue weighted by atomic mass is 19.1. The monoisotopic (exact) mass is 618 g/mol. The lowest BCUT2D eigenvalue weighted by Gasteiger charge is -2.51. The summed E-state index contributed by atoms with van der Waals surface area (Å²) in [6, 6.07) is 13.8. The molecule has 1 saturated carbocycles. The number of rotatable bonds is 11. The number of ether oxygens (including phenoxy) is 1. The van der Waals surface area contributed by atoms with E-state index >= 15 is 0 Å². The van der Waals surface area contributed by atoms with E-state index in [9.17, 15) is 13.6 Å². The summed E-state index contributed by atoms with van der Waals surface area (Å²) in [6.45, 7) is 10.8. The normalized spacial score (nSPS) is 22.7. The van der Waals surface area contributed by atoms with Crippen molar-refractivity contribution in [3.63, 3.8) is 0 Å². The van der Waals surface area contributed by atoms with Crippen LogP contribution >= 0.6 is 0 Å². The van der Waals surface area contributed by atoms with Crippen molar-refractivity contribution in [3.05, 3.63) is 83.4 Å². The molecule has 0 unspecified atom stereocenters. The third-order valence-electron chi connectivity index (χ3n) is 10.8. The van der Waals surface area contributed by atoms with Crippen molar-refractivity contribution in [1.82, 2.24) is 14.5 Å². The van der Waals surface area contributed by atoms with Gasteiger partial charge in [0.1, 0.15) is 29.3 Å². The highest BCUT2D eigenvalue weighted by molar-refractivity contribution is 5.69. The minimum Gasteiger partial charge on any atom is -0.462 e. The third-order valence-corrected chi connectivity index (χ3v) is 10.8. The fourth-order valence-corrected chi connectivity index (χ4v) is 8.69. The summed E-state index contributed by atoms with van der Waals surface area (Å²) >= 11 is 0. The number of anilines is 1. The summed E-state index contributed by atoms with van der Waals surface area (Å²) in [5.74, 6) is 1.06. The van der Waals surface area contributed by atoms with Gasteiger partial charge in [0.05, 0.1) is 0 Å². The Balaban J connectivity index is 1.22. The van der Waals surface area contributed by atoms with Crippen LogP contribution in [-0.4, -0.2) is 59.2 Å². The Hall–Kier alpha value is -3.26. The first-order valence-corrected chi connectivity index (χ1v) is 17.0. The molecule has 0 bridgehead atoms. The van der Waals surface area contributed by atoms with Crippen molar-refractivity contribution in [1.29, 1.82) is 0 Å². The van der Waals surface area contributed by atoms with Crippen LogP contribution in [-0.2, 0) is 27.9 Å². The zero-order valence-electron chi connectivity index (χ0n) is 27.1. The first kappa shape index (κ1) is 31.7. The van der Waals surface area contributed by atoms with Crippen molar-refractivity contribution in [2.45, 2.75) is 83.8 Å². The summed E-state index contributed by atoms with van der Waals surface area (Å²) in [4.78, 5) is 21.7. The molecule has 0 spiro atoms. The standard InChI is InChI=1S/C37H48F2N4O2/c1-4-34-40-16-19-42(34)25-37(28-10-7-6-8-11-28,30-12-9-13-33(30)45-35(44)5-2)29-14-17-41(18-15-29)22-27-23-43(24-27)36-31(38)20-26(3)21-32(36)39/h6-8,10-11,16,19-21,27,29-30,33H,4-5,9,12-15,17-18,22-25H2,1-3H3/t30-,33-,37+/m0/s1. The van der Waals surface area contributed by atoms with Crippen molar-refractivity contribution in [2.75, 3.05) is 37.6 Å². The second kappa shape index (κ2) is 13.6. The van der Waals surface area contributed by atoms with Crippen LogP contribution in [0.5, 0.6) is 0 Å². The Bertz CT molecular complexity index is 1420. The van der Waals surface area contributed by atoms with Crippen LogP contribution in [0.4, 0.5) is 14.5 Å². The molecule has 6 nitrogen and oxygen atoms in total. The molecule has 2 aliphatic heterocycles. The minimum absolute atomic E-state index is 0.0900. The predicted molar refractivity (Wildman–Crippen MR) is 173 cm³/mol. The molecule has 8 heteroatoms. The fourth-order valence-electron chi connectivity index (χ4n) is 8.69. The van der Waals surface area contributed by atoms with E-state index in [2.05, 4.69) is 57.9 Å². The number of carbonyl (C=O) groups excluding carboxylic acids is 1. The van der Waals surface area contributed by atoms with Crippen molar-refractivity contribution < 1.29 is 18.3 Å². The van der Waals surface area contributed by atoms with Gasteiger partial charge in [-0.05, 0) is 81.3 Å². The van der Waals surface area contributed by atoms with Crippen LogP contribution in [0.1, 0.15) is 69.3 Å². The maximum atomic E-state index is 14.6. The second-order valence-corrected chi connectivity index (χ2v) is 13.6. The molecule has 2 aromatic carbocycles. The van der Waals surface area contributed by atoms with Gasteiger partial charge in [-0.3, -0.25) is 4.79 Å². The number of imidazole rings is 1. The maximum absolute atomic E-state index is 14.6. The maximum Gasteiger partial charge on any atom is 0.305 e. The molecule has 1 aliphatic carbocycles. The topological polar surface area (TPSA) is 50.6 Å². The zero-order valence-corrected chi connectivity index (χ0v) is 27.1. The largest absolute Gasteiger partial charge is 0.462 e. The molecule has 3 atom stereocenters. The van der Waals surface area contributed by atoms with E-state index in [-0.39, 0.29) is 29.1 Å². The van der Waals surface area contributed by atoms with Gasteiger partial charge in [0, 0.05) is 68.7 Å². The number of piperidine rings is 1. The molecule has 2 saturated heterocycles. The van der Waals surface area contributed by atoms with E-state index in [1.165, 1.54) is 17.7 Å². The molecular weight excluding hydrogens is 570 g/mol. The van der Waals surface area contributed by atoms with Crippen LogP contribution in [0.25, 0.3) is 0 Å². The second-order valence-electron chi connectivity index (χ2n) is 13.6. The molecule has 3 fully saturated rings. The van der Waals surface area contributed by atoms with Gasteiger partial charge in [-0.25, -0.2) is 13.8 Å². The highest BCUT2D eigenvalue weighted by Crippen LogP contribution is 2.52. The molecule has 3 heterocycles. The van der Waals surface area contributed by atoms with Crippen LogP contribution in [0.15, 0.2) is 54.9 Å². The molecule has 0 N–H and O–H groups in total. The molecule has 6 rings (SSSR count). The van der Waals surface area contributed by atoms with Crippen molar-refractivity contribution in [3.8, 4) is 0 Å². The summed E-state index contributed by atoms with van der Waals surface area (Å²) in [5.41, 5.74) is 1.84. The summed E-state index contributed by atoms with van der Waals surface area (Å²) < 4.78 is 37.7. The van der Waals surface area contributed by atoms with E-state index in [1.54, 1.807) is 6.92 Å². The summed E-state index contributed by atoms with van der Waals surface area (Å²) in [7, 11) is 0. The highest BCUT2D eigenvalue weighted by Gasteiger charge is 2.53. The minimum atomic E-state index is -0.469. The van der Waals surface area contributed by atoms with Crippen LogP contribution in [0.2, 0.25) is 0 Å². The average Bonchev–Trinajstić information content (AvgIpc) is 3.68. The molecular formula is C37H48F2N4O2. The predicted octanol–water partition coefficient (Wildman–Crippen LogP) is 6.94. The quantitative estimate of drug-likeness (QED) is 0.218. The van der Waals surface area contributed by atoms with Gasteiger partial charge < -0.3 is 19.1 Å². The molecule has 0 amide bonds. The number of benzene rings is 2.